The van der Waals surface area contributed by atoms with Crippen molar-refractivity contribution in [3.63, 3.8) is 0 Å². The number of terminal acetylenes is 1. The van der Waals surface area contributed by atoms with Crippen molar-refractivity contribution in [1.82, 2.24) is 5.32 Å². The maximum absolute atomic E-state index is 12.3. The summed E-state index contributed by atoms with van der Waals surface area (Å²) < 4.78 is 5.43. The number of carboxylic acid groups (broad SMARTS) is 1. The number of nitrogens with one attached hydrogen (secondary N) is 1. The number of alkyl carbamates (subject to hydrolysis) is 1. The smallest absolute Gasteiger partial charge is 0.407 e. The highest BCUT2D eigenvalue weighted by Crippen LogP contribution is 2.44. The van der Waals surface area contributed by atoms with E-state index in [1.807, 2.05) is 50.2 Å². The maximum Gasteiger partial charge on any atom is 0.407 e. The SMILES string of the molecule is C#CCCCCCC(NC(=O)OCC1c2ccccc2-c2ccccc21)C(=O)O.CC. The van der Waals surface area contributed by atoms with E-state index in [1.54, 1.807) is 0 Å². The average Bonchev–Trinajstić information content (AvgIpc) is 3.12. The van der Waals surface area contributed by atoms with Gasteiger partial charge in [-0.05, 0) is 35.1 Å². The van der Waals surface area contributed by atoms with E-state index >= 15 is 0 Å². The molecule has 0 saturated heterocycles. The lowest BCUT2D eigenvalue weighted by Gasteiger charge is -2.17. The third kappa shape index (κ3) is 6.36. The van der Waals surface area contributed by atoms with Gasteiger partial charge in [0.15, 0.2) is 0 Å². The highest BCUT2D eigenvalue weighted by Gasteiger charge is 2.29. The molecule has 2 aromatic carbocycles. The van der Waals surface area contributed by atoms with Gasteiger partial charge in [-0.15, -0.1) is 12.3 Å². The monoisotopic (exact) mass is 421 g/mol. The Morgan fingerprint density at radius 2 is 1.61 bits per heavy atom. The number of fused-ring (bicyclic) bond motifs is 3. The zero-order chi connectivity index (χ0) is 22.6. The first-order valence-corrected chi connectivity index (χ1v) is 10.9. The molecule has 5 nitrogen and oxygen atoms in total. The lowest BCUT2D eigenvalue weighted by Crippen LogP contribution is -2.41. The second-order valence-electron chi connectivity index (χ2n) is 7.16. The Morgan fingerprint density at radius 1 is 1.03 bits per heavy atom. The van der Waals surface area contributed by atoms with Crippen molar-refractivity contribution in [2.45, 2.75) is 57.9 Å². The van der Waals surface area contributed by atoms with Crippen LogP contribution in [0.4, 0.5) is 4.79 Å². The van der Waals surface area contributed by atoms with Crippen LogP contribution in [-0.4, -0.2) is 29.8 Å². The van der Waals surface area contributed by atoms with Crippen LogP contribution in [0.3, 0.4) is 0 Å². The van der Waals surface area contributed by atoms with Crippen molar-refractivity contribution in [2.75, 3.05) is 6.61 Å². The van der Waals surface area contributed by atoms with E-state index < -0.39 is 18.1 Å². The van der Waals surface area contributed by atoms with Crippen LogP contribution in [0, 0.1) is 12.3 Å². The van der Waals surface area contributed by atoms with Crippen LogP contribution in [0.5, 0.6) is 0 Å². The van der Waals surface area contributed by atoms with E-state index in [4.69, 9.17) is 11.2 Å². The van der Waals surface area contributed by atoms with Crippen molar-refractivity contribution in [3.8, 4) is 23.5 Å². The van der Waals surface area contributed by atoms with Gasteiger partial charge >= 0.3 is 12.1 Å². The minimum absolute atomic E-state index is 0.0554. The highest BCUT2D eigenvalue weighted by molar-refractivity contribution is 5.81. The molecular formula is C26H31NO4. The van der Waals surface area contributed by atoms with Crippen LogP contribution in [0.1, 0.15) is 63.0 Å². The number of amides is 1. The number of rotatable bonds is 9. The Morgan fingerprint density at radius 3 is 2.16 bits per heavy atom. The number of ether oxygens (including phenoxy) is 1. The number of unbranched alkanes of at least 4 members (excludes halogenated alkanes) is 3. The fraction of sp³-hybridized carbons (Fsp3) is 0.385. The molecule has 0 fully saturated rings. The number of benzene rings is 2. The molecule has 5 heteroatoms. The molecule has 0 bridgehead atoms. The Kier molecular flexibility index (Phi) is 9.64. The predicted octanol–water partition coefficient (Wildman–Crippen LogP) is 5.59. The van der Waals surface area contributed by atoms with Gasteiger partial charge in [-0.1, -0.05) is 75.2 Å². The normalized spacial score (nSPS) is 12.4. The summed E-state index contributed by atoms with van der Waals surface area (Å²) in [6.45, 7) is 4.16. The third-order valence-electron chi connectivity index (χ3n) is 5.25. The predicted molar refractivity (Wildman–Crippen MR) is 123 cm³/mol. The number of hydrogen-bond donors (Lipinski definition) is 2. The summed E-state index contributed by atoms with van der Waals surface area (Å²) in [5.74, 6) is 1.45. The number of carboxylic acids is 1. The first-order chi connectivity index (χ1) is 15.1. The molecule has 3 rings (SSSR count). The zero-order valence-corrected chi connectivity index (χ0v) is 18.3. The summed E-state index contributed by atoms with van der Waals surface area (Å²) in [7, 11) is 0. The Hall–Kier alpha value is -3.26. The fourth-order valence-corrected chi connectivity index (χ4v) is 3.79. The standard InChI is InChI=1S/C24H25NO4.C2H6/c1-2-3-4-5-6-15-22(23(26)27)25-24(28)29-16-21-19-13-9-7-11-17(19)18-12-8-10-14-20(18)21;1-2/h1,7-14,21-22H,3-6,15-16H2,(H,25,28)(H,26,27);1-2H3. The molecule has 2 N–H and O–H groups in total. The second kappa shape index (κ2) is 12.4. The molecule has 1 amide bonds. The number of carbonyl (C=O) groups is 2. The second-order valence-corrected chi connectivity index (χ2v) is 7.16. The van der Waals surface area contributed by atoms with E-state index in [0.717, 1.165) is 35.1 Å². The van der Waals surface area contributed by atoms with Gasteiger partial charge in [0.2, 0.25) is 0 Å². The topological polar surface area (TPSA) is 75.6 Å². The molecule has 1 aliphatic carbocycles. The largest absolute Gasteiger partial charge is 0.480 e. The minimum atomic E-state index is -1.06. The van der Waals surface area contributed by atoms with Gasteiger partial charge in [-0.25, -0.2) is 9.59 Å². The quantitative estimate of drug-likeness (QED) is 0.409. The fourth-order valence-electron chi connectivity index (χ4n) is 3.79. The van der Waals surface area contributed by atoms with Gasteiger partial charge in [0.1, 0.15) is 12.6 Å². The molecule has 0 heterocycles. The molecule has 1 atom stereocenters. The van der Waals surface area contributed by atoms with E-state index in [0.29, 0.717) is 19.3 Å². The summed E-state index contributed by atoms with van der Waals surface area (Å²) in [4.78, 5) is 23.7. The van der Waals surface area contributed by atoms with Crippen molar-refractivity contribution >= 4 is 12.1 Å². The van der Waals surface area contributed by atoms with Crippen LogP contribution in [0.15, 0.2) is 48.5 Å². The van der Waals surface area contributed by atoms with Crippen molar-refractivity contribution in [2.24, 2.45) is 0 Å². The minimum Gasteiger partial charge on any atom is -0.480 e. The van der Waals surface area contributed by atoms with Gasteiger partial charge in [0, 0.05) is 12.3 Å². The number of carbonyl (C=O) groups excluding carboxylic acids is 1. The first-order valence-electron chi connectivity index (χ1n) is 10.9. The van der Waals surface area contributed by atoms with Crippen LogP contribution in [0.2, 0.25) is 0 Å². The summed E-state index contributed by atoms with van der Waals surface area (Å²) in [5.41, 5.74) is 4.52. The molecule has 1 unspecified atom stereocenters. The lowest BCUT2D eigenvalue weighted by molar-refractivity contribution is -0.139. The van der Waals surface area contributed by atoms with E-state index in [1.165, 1.54) is 0 Å². The van der Waals surface area contributed by atoms with E-state index in [-0.39, 0.29) is 12.5 Å². The van der Waals surface area contributed by atoms with Crippen molar-refractivity contribution in [1.29, 1.82) is 0 Å². The molecule has 1 aliphatic rings. The summed E-state index contributed by atoms with van der Waals surface area (Å²) in [6.07, 6.45) is 7.91. The van der Waals surface area contributed by atoms with Gasteiger partial charge in [0.25, 0.3) is 0 Å². The summed E-state index contributed by atoms with van der Waals surface area (Å²) in [5, 5.41) is 11.8. The number of hydrogen-bond acceptors (Lipinski definition) is 3. The van der Waals surface area contributed by atoms with Gasteiger partial charge < -0.3 is 15.2 Å². The first kappa shape index (κ1) is 24.0. The summed E-state index contributed by atoms with van der Waals surface area (Å²) >= 11 is 0. The zero-order valence-electron chi connectivity index (χ0n) is 18.3. The molecule has 0 radical (unpaired) electrons. The molecule has 0 aromatic heterocycles. The maximum atomic E-state index is 12.3. The number of aliphatic carboxylic acids is 1. The average molecular weight is 422 g/mol. The van der Waals surface area contributed by atoms with Crippen LogP contribution in [0.25, 0.3) is 11.1 Å². The molecule has 0 spiro atoms. The molecule has 31 heavy (non-hydrogen) atoms. The molecule has 2 aromatic rings. The molecule has 0 aliphatic heterocycles. The van der Waals surface area contributed by atoms with Crippen LogP contribution >= 0.6 is 0 Å². The Balaban J connectivity index is 0.00000166. The highest BCUT2D eigenvalue weighted by atomic mass is 16.5. The lowest BCUT2D eigenvalue weighted by atomic mass is 9.98. The van der Waals surface area contributed by atoms with E-state index in [2.05, 4.69) is 23.4 Å². The van der Waals surface area contributed by atoms with Crippen molar-refractivity contribution < 1.29 is 19.4 Å². The van der Waals surface area contributed by atoms with Gasteiger partial charge in [-0.3, -0.25) is 0 Å². The molecular weight excluding hydrogens is 390 g/mol. The van der Waals surface area contributed by atoms with E-state index in [9.17, 15) is 14.7 Å². The van der Waals surface area contributed by atoms with Crippen LogP contribution < -0.4 is 5.32 Å². The molecule has 164 valence electrons. The Bertz CT molecular complexity index is 870. The summed E-state index contributed by atoms with van der Waals surface area (Å²) in [6, 6.07) is 15.2. The third-order valence-corrected chi connectivity index (χ3v) is 5.25. The van der Waals surface area contributed by atoms with Crippen molar-refractivity contribution in [3.05, 3.63) is 59.7 Å². The molecule has 0 saturated carbocycles. The van der Waals surface area contributed by atoms with Gasteiger partial charge in [0.05, 0.1) is 0 Å². The van der Waals surface area contributed by atoms with Crippen LogP contribution in [-0.2, 0) is 9.53 Å². The Labute approximate surface area is 184 Å². The van der Waals surface area contributed by atoms with Gasteiger partial charge in [-0.2, -0.15) is 0 Å².